The number of hydrogen-bond donors (Lipinski definition) is 1. The molecule has 1 aromatic heterocycles. The zero-order chi connectivity index (χ0) is 11.7. The van der Waals surface area contributed by atoms with Crippen molar-refractivity contribution >= 4 is 5.95 Å². The van der Waals surface area contributed by atoms with E-state index in [0.717, 1.165) is 19.0 Å². The standard InChI is InChI=1S/C12H22N4/c1-9(2)16-7-5-14-12(16)15-6-4-11(8-15)10(3)13/h5,7,9-11H,4,6,8,13H2,1-3H3. The first-order valence-corrected chi connectivity index (χ1v) is 6.13. The minimum Gasteiger partial charge on any atom is -0.342 e. The molecule has 0 radical (unpaired) electrons. The van der Waals surface area contributed by atoms with E-state index >= 15 is 0 Å². The highest BCUT2D eigenvalue weighted by Gasteiger charge is 2.27. The Morgan fingerprint density at radius 3 is 2.75 bits per heavy atom. The third kappa shape index (κ3) is 2.07. The van der Waals surface area contributed by atoms with Crippen molar-refractivity contribution in [1.82, 2.24) is 9.55 Å². The minimum atomic E-state index is 0.285. The zero-order valence-electron chi connectivity index (χ0n) is 10.4. The molecular weight excluding hydrogens is 200 g/mol. The van der Waals surface area contributed by atoms with E-state index in [1.54, 1.807) is 0 Å². The highest BCUT2D eigenvalue weighted by Crippen LogP contribution is 2.25. The van der Waals surface area contributed by atoms with Crippen molar-refractivity contribution in [3.8, 4) is 0 Å². The molecule has 2 unspecified atom stereocenters. The molecule has 1 aliphatic heterocycles. The SMILES string of the molecule is CC(N)C1CCN(c2nccn2C(C)C)C1. The van der Waals surface area contributed by atoms with Gasteiger partial charge in [0, 0.05) is 37.6 Å². The largest absolute Gasteiger partial charge is 0.342 e. The Morgan fingerprint density at radius 2 is 2.19 bits per heavy atom. The van der Waals surface area contributed by atoms with Crippen molar-refractivity contribution in [2.75, 3.05) is 18.0 Å². The Labute approximate surface area is 97.4 Å². The molecule has 4 heteroatoms. The average molecular weight is 222 g/mol. The molecule has 2 rings (SSSR count). The van der Waals surface area contributed by atoms with Crippen LogP contribution in [0.5, 0.6) is 0 Å². The van der Waals surface area contributed by atoms with Crippen LogP contribution in [0.4, 0.5) is 5.95 Å². The van der Waals surface area contributed by atoms with Crippen LogP contribution in [0.1, 0.15) is 33.2 Å². The summed E-state index contributed by atoms with van der Waals surface area (Å²) in [5.74, 6) is 1.70. The summed E-state index contributed by atoms with van der Waals surface area (Å²) < 4.78 is 2.23. The van der Waals surface area contributed by atoms with Gasteiger partial charge < -0.3 is 15.2 Å². The minimum absolute atomic E-state index is 0.285. The Bertz CT molecular complexity index is 343. The normalized spacial score (nSPS) is 23.1. The van der Waals surface area contributed by atoms with Crippen molar-refractivity contribution in [3.63, 3.8) is 0 Å². The van der Waals surface area contributed by atoms with Gasteiger partial charge in [0.05, 0.1) is 0 Å². The number of imidazole rings is 1. The molecule has 0 saturated carbocycles. The second-order valence-electron chi connectivity index (χ2n) is 5.08. The Hall–Kier alpha value is -1.03. The van der Waals surface area contributed by atoms with Crippen LogP contribution in [0.3, 0.4) is 0 Å². The predicted molar refractivity (Wildman–Crippen MR) is 66.6 cm³/mol. The number of hydrogen-bond acceptors (Lipinski definition) is 3. The Morgan fingerprint density at radius 1 is 1.44 bits per heavy atom. The van der Waals surface area contributed by atoms with Gasteiger partial charge in [0.1, 0.15) is 0 Å². The van der Waals surface area contributed by atoms with Crippen molar-refractivity contribution in [2.24, 2.45) is 11.7 Å². The summed E-state index contributed by atoms with van der Waals surface area (Å²) in [7, 11) is 0. The third-order valence-electron chi connectivity index (χ3n) is 3.46. The number of anilines is 1. The van der Waals surface area contributed by atoms with Crippen molar-refractivity contribution < 1.29 is 0 Å². The quantitative estimate of drug-likeness (QED) is 0.845. The van der Waals surface area contributed by atoms with Crippen molar-refractivity contribution in [2.45, 2.75) is 39.3 Å². The highest BCUT2D eigenvalue weighted by molar-refractivity contribution is 5.33. The van der Waals surface area contributed by atoms with Gasteiger partial charge in [-0.3, -0.25) is 0 Å². The summed E-state index contributed by atoms with van der Waals surface area (Å²) in [4.78, 5) is 6.82. The van der Waals surface area contributed by atoms with E-state index in [2.05, 4.69) is 41.4 Å². The van der Waals surface area contributed by atoms with Gasteiger partial charge in [-0.2, -0.15) is 0 Å². The third-order valence-corrected chi connectivity index (χ3v) is 3.46. The molecule has 1 saturated heterocycles. The molecule has 2 atom stereocenters. The molecule has 16 heavy (non-hydrogen) atoms. The molecule has 0 aliphatic carbocycles. The van der Waals surface area contributed by atoms with E-state index < -0.39 is 0 Å². The topological polar surface area (TPSA) is 47.1 Å². The Kier molecular flexibility index (Phi) is 3.19. The summed E-state index contributed by atoms with van der Waals surface area (Å²) in [5.41, 5.74) is 5.96. The zero-order valence-corrected chi connectivity index (χ0v) is 10.4. The molecule has 0 aromatic carbocycles. The first kappa shape index (κ1) is 11.5. The maximum Gasteiger partial charge on any atom is 0.205 e. The van der Waals surface area contributed by atoms with Crippen LogP contribution < -0.4 is 10.6 Å². The lowest BCUT2D eigenvalue weighted by molar-refractivity contribution is 0.486. The van der Waals surface area contributed by atoms with Gasteiger partial charge in [-0.05, 0) is 33.1 Å². The number of nitrogens with zero attached hydrogens (tertiary/aromatic N) is 3. The fourth-order valence-corrected chi connectivity index (χ4v) is 2.35. The molecule has 4 nitrogen and oxygen atoms in total. The van der Waals surface area contributed by atoms with E-state index in [1.807, 2.05) is 6.20 Å². The molecular formula is C12H22N4. The smallest absolute Gasteiger partial charge is 0.205 e. The van der Waals surface area contributed by atoms with E-state index in [9.17, 15) is 0 Å². The molecule has 90 valence electrons. The van der Waals surface area contributed by atoms with Gasteiger partial charge in [-0.25, -0.2) is 4.98 Å². The van der Waals surface area contributed by atoms with Gasteiger partial charge in [-0.15, -0.1) is 0 Å². The average Bonchev–Trinajstić information content (AvgIpc) is 2.86. The van der Waals surface area contributed by atoms with E-state index in [0.29, 0.717) is 12.0 Å². The lowest BCUT2D eigenvalue weighted by atomic mass is 10.0. The van der Waals surface area contributed by atoms with Gasteiger partial charge in [0.15, 0.2) is 0 Å². The molecule has 1 aliphatic rings. The highest BCUT2D eigenvalue weighted by atomic mass is 15.3. The van der Waals surface area contributed by atoms with Crippen LogP contribution in [0.2, 0.25) is 0 Å². The van der Waals surface area contributed by atoms with Crippen LogP contribution in [0, 0.1) is 5.92 Å². The van der Waals surface area contributed by atoms with E-state index in [4.69, 9.17) is 5.73 Å². The predicted octanol–water partition coefficient (Wildman–Crippen LogP) is 1.64. The number of nitrogens with two attached hydrogens (primary N) is 1. The van der Waals surface area contributed by atoms with Crippen molar-refractivity contribution in [1.29, 1.82) is 0 Å². The van der Waals surface area contributed by atoms with Crippen LogP contribution >= 0.6 is 0 Å². The number of rotatable bonds is 3. The summed E-state index contributed by atoms with van der Waals surface area (Å²) in [6.07, 6.45) is 5.12. The molecule has 0 amide bonds. The van der Waals surface area contributed by atoms with E-state index in [-0.39, 0.29) is 6.04 Å². The number of aromatic nitrogens is 2. The summed E-state index contributed by atoms with van der Waals surface area (Å²) >= 11 is 0. The lowest BCUT2D eigenvalue weighted by Gasteiger charge is -2.21. The maximum absolute atomic E-state index is 5.96. The fraction of sp³-hybridized carbons (Fsp3) is 0.750. The van der Waals surface area contributed by atoms with E-state index in [1.165, 1.54) is 6.42 Å². The second kappa shape index (κ2) is 4.45. The monoisotopic (exact) mass is 222 g/mol. The summed E-state index contributed by atoms with van der Waals surface area (Å²) in [5, 5.41) is 0. The molecule has 0 spiro atoms. The molecule has 2 heterocycles. The van der Waals surface area contributed by atoms with Crippen LogP contribution in [-0.2, 0) is 0 Å². The van der Waals surface area contributed by atoms with Crippen LogP contribution in [0.15, 0.2) is 12.4 Å². The second-order valence-corrected chi connectivity index (χ2v) is 5.08. The molecule has 2 N–H and O–H groups in total. The first-order valence-electron chi connectivity index (χ1n) is 6.13. The maximum atomic E-state index is 5.96. The lowest BCUT2D eigenvalue weighted by Crippen LogP contribution is -2.30. The van der Waals surface area contributed by atoms with Gasteiger partial charge in [0.2, 0.25) is 5.95 Å². The summed E-state index contributed by atoms with van der Waals surface area (Å²) in [6.45, 7) is 8.59. The molecule has 0 bridgehead atoms. The fourth-order valence-electron chi connectivity index (χ4n) is 2.35. The molecule has 1 aromatic rings. The first-order chi connectivity index (χ1) is 7.59. The van der Waals surface area contributed by atoms with Gasteiger partial charge in [0.25, 0.3) is 0 Å². The van der Waals surface area contributed by atoms with Crippen LogP contribution in [-0.4, -0.2) is 28.7 Å². The van der Waals surface area contributed by atoms with Gasteiger partial charge in [-0.1, -0.05) is 0 Å². The van der Waals surface area contributed by atoms with Crippen LogP contribution in [0.25, 0.3) is 0 Å². The molecule has 1 fully saturated rings. The van der Waals surface area contributed by atoms with Gasteiger partial charge >= 0.3 is 0 Å². The summed E-state index contributed by atoms with van der Waals surface area (Å²) in [6, 6.07) is 0.749. The Balaban J connectivity index is 2.11. The van der Waals surface area contributed by atoms with Crippen molar-refractivity contribution in [3.05, 3.63) is 12.4 Å².